The van der Waals surface area contributed by atoms with E-state index in [4.69, 9.17) is 0 Å². The van der Waals surface area contributed by atoms with Crippen LogP contribution in [-0.4, -0.2) is 22.4 Å². The van der Waals surface area contributed by atoms with Crippen molar-refractivity contribution in [3.8, 4) is 0 Å². The maximum absolute atomic E-state index is 4.11. The quantitative estimate of drug-likeness (QED) is 0.383. The van der Waals surface area contributed by atoms with Gasteiger partial charge in [-0.15, -0.1) is 11.8 Å². The van der Waals surface area contributed by atoms with Crippen molar-refractivity contribution >= 4 is 23.7 Å². The minimum atomic E-state index is 0.836. The zero-order valence-corrected chi connectivity index (χ0v) is 7.30. The molecule has 0 saturated heterocycles. The maximum Gasteiger partial charge on any atom is 0.125 e. The smallest absolute Gasteiger partial charge is 0.125 e. The Morgan fingerprint density at radius 3 is 3.09 bits per heavy atom. The standard InChI is InChI=1S/C7H9N3S/c1-3-9-6-4-8-5-10-7(6)11-2/h3-5H,1-2H3. The topological polar surface area (TPSA) is 38.1 Å². The highest BCUT2D eigenvalue weighted by atomic mass is 32.2. The second-order valence-corrected chi connectivity index (χ2v) is 2.60. The normalized spacial score (nSPS) is 10.7. The molecule has 3 nitrogen and oxygen atoms in total. The highest BCUT2D eigenvalue weighted by Gasteiger charge is 1.97. The van der Waals surface area contributed by atoms with E-state index in [2.05, 4.69) is 15.0 Å². The third-order valence-electron chi connectivity index (χ3n) is 1.12. The van der Waals surface area contributed by atoms with Crippen LogP contribution in [0.1, 0.15) is 6.92 Å². The van der Waals surface area contributed by atoms with Gasteiger partial charge in [0, 0.05) is 6.21 Å². The Morgan fingerprint density at radius 1 is 1.64 bits per heavy atom. The number of rotatable bonds is 2. The molecule has 1 aromatic rings. The lowest BCUT2D eigenvalue weighted by Crippen LogP contribution is -1.81. The molecule has 0 fully saturated rings. The van der Waals surface area contributed by atoms with Crippen molar-refractivity contribution in [2.24, 2.45) is 4.99 Å². The van der Waals surface area contributed by atoms with Gasteiger partial charge in [0.2, 0.25) is 0 Å². The molecule has 4 heteroatoms. The molecule has 58 valence electrons. The summed E-state index contributed by atoms with van der Waals surface area (Å²) in [5, 5.41) is 0.915. The summed E-state index contributed by atoms with van der Waals surface area (Å²) in [6.07, 6.45) is 6.94. The predicted molar refractivity (Wildman–Crippen MR) is 47.6 cm³/mol. The summed E-state index contributed by atoms with van der Waals surface area (Å²) in [5.74, 6) is 0. The molecule has 0 aromatic carbocycles. The van der Waals surface area contributed by atoms with Crippen LogP contribution in [-0.2, 0) is 0 Å². The van der Waals surface area contributed by atoms with E-state index in [1.54, 1.807) is 24.2 Å². The average molecular weight is 167 g/mol. The van der Waals surface area contributed by atoms with Gasteiger partial charge in [-0.25, -0.2) is 9.97 Å². The van der Waals surface area contributed by atoms with Crippen molar-refractivity contribution in [2.75, 3.05) is 6.26 Å². The molecule has 1 heterocycles. The van der Waals surface area contributed by atoms with Crippen LogP contribution in [0.25, 0.3) is 0 Å². The molecule has 0 aliphatic carbocycles. The molecule has 0 bridgehead atoms. The molecule has 1 rings (SSSR count). The van der Waals surface area contributed by atoms with Crippen molar-refractivity contribution in [3.63, 3.8) is 0 Å². The Labute approximate surface area is 70.0 Å². The fourth-order valence-corrected chi connectivity index (χ4v) is 1.16. The summed E-state index contributed by atoms with van der Waals surface area (Å²) < 4.78 is 0. The molecule has 0 atom stereocenters. The van der Waals surface area contributed by atoms with Gasteiger partial charge in [-0.05, 0) is 13.2 Å². The van der Waals surface area contributed by atoms with Crippen molar-refractivity contribution in [2.45, 2.75) is 11.9 Å². The number of aromatic nitrogens is 2. The summed E-state index contributed by atoms with van der Waals surface area (Å²) in [5.41, 5.74) is 0.836. The summed E-state index contributed by atoms with van der Waals surface area (Å²) in [6.45, 7) is 1.87. The molecule has 0 saturated carbocycles. The van der Waals surface area contributed by atoms with Crippen LogP contribution in [0.2, 0.25) is 0 Å². The molecule has 0 spiro atoms. The third kappa shape index (κ3) is 2.01. The van der Waals surface area contributed by atoms with Crippen molar-refractivity contribution in [1.29, 1.82) is 0 Å². The summed E-state index contributed by atoms with van der Waals surface area (Å²) in [6, 6.07) is 0. The zero-order valence-electron chi connectivity index (χ0n) is 6.48. The molecule has 1 aromatic heterocycles. The second-order valence-electron chi connectivity index (χ2n) is 1.80. The lowest BCUT2D eigenvalue weighted by molar-refractivity contribution is 1.04. The van der Waals surface area contributed by atoms with E-state index >= 15 is 0 Å². The summed E-state index contributed by atoms with van der Waals surface area (Å²) in [4.78, 5) is 12.0. The van der Waals surface area contributed by atoms with E-state index in [0.29, 0.717) is 0 Å². The van der Waals surface area contributed by atoms with Crippen LogP contribution in [0.5, 0.6) is 0 Å². The van der Waals surface area contributed by atoms with Crippen LogP contribution in [0.3, 0.4) is 0 Å². The first-order valence-corrected chi connectivity index (χ1v) is 4.43. The fourth-order valence-electron chi connectivity index (χ4n) is 0.696. The van der Waals surface area contributed by atoms with E-state index in [0.717, 1.165) is 10.7 Å². The van der Waals surface area contributed by atoms with Gasteiger partial charge in [0.25, 0.3) is 0 Å². The number of hydrogen-bond acceptors (Lipinski definition) is 4. The van der Waals surface area contributed by atoms with E-state index in [1.165, 1.54) is 6.33 Å². The van der Waals surface area contributed by atoms with Crippen molar-refractivity contribution in [1.82, 2.24) is 9.97 Å². The van der Waals surface area contributed by atoms with Gasteiger partial charge >= 0.3 is 0 Å². The van der Waals surface area contributed by atoms with Gasteiger partial charge in [0.1, 0.15) is 17.0 Å². The van der Waals surface area contributed by atoms with E-state index in [-0.39, 0.29) is 0 Å². The molecule has 0 unspecified atom stereocenters. The van der Waals surface area contributed by atoms with E-state index in [1.807, 2.05) is 13.2 Å². The van der Waals surface area contributed by atoms with Crippen molar-refractivity contribution < 1.29 is 0 Å². The molecule has 0 amide bonds. The first-order valence-electron chi connectivity index (χ1n) is 3.21. The third-order valence-corrected chi connectivity index (χ3v) is 1.82. The minimum absolute atomic E-state index is 0.836. The SMILES string of the molecule is CC=Nc1cncnc1SC. The Kier molecular flexibility index (Phi) is 3.04. The highest BCUT2D eigenvalue weighted by Crippen LogP contribution is 2.22. The van der Waals surface area contributed by atoms with Crippen LogP contribution in [0, 0.1) is 0 Å². The van der Waals surface area contributed by atoms with Crippen LogP contribution < -0.4 is 0 Å². The summed E-state index contributed by atoms with van der Waals surface area (Å²) in [7, 11) is 0. The summed E-state index contributed by atoms with van der Waals surface area (Å²) >= 11 is 1.57. The van der Waals surface area contributed by atoms with Gasteiger partial charge in [-0.1, -0.05) is 0 Å². The van der Waals surface area contributed by atoms with Crippen molar-refractivity contribution in [3.05, 3.63) is 12.5 Å². The molecule has 0 aliphatic rings. The Balaban J connectivity index is 3.02. The zero-order chi connectivity index (χ0) is 8.10. The predicted octanol–water partition coefficient (Wildman–Crippen LogP) is 1.92. The first kappa shape index (κ1) is 8.20. The van der Waals surface area contributed by atoms with E-state index in [9.17, 15) is 0 Å². The van der Waals surface area contributed by atoms with Gasteiger partial charge in [0.15, 0.2) is 0 Å². The molecule has 0 radical (unpaired) electrons. The van der Waals surface area contributed by atoms with Crippen LogP contribution in [0.15, 0.2) is 22.5 Å². The lowest BCUT2D eigenvalue weighted by atomic mass is 10.5. The van der Waals surface area contributed by atoms with Crippen LogP contribution in [0.4, 0.5) is 5.69 Å². The monoisotopic (exact) mass is 167 g/mol. The Bertz CT molecular complexity index is 260. The largest absolute Gasteiger partial charge is 0.257 e. The number of hydrogen-bond donors (Lipinski definition) is 0. The van der Waals surface area contributed by atoms with Gasteiger partial charge in [-0.3, -0.25) is 4.99 Å². The average Bonchev–Trinajstić information content (AvgIpc) is 2.06. The van der Waals surface area contributed by atoms with Gasteiger partial charge in [-0.2, -0.15) is 0 Å². The lowest BCUT2D eigenvalue weighted by Gasteiger charge is -1.97. The molecule has 0 N–H and O–H groups in total. The Morgan fingerprint density at radius 2 is 2.45 bits per heavy atom. The molecule has 0 aliphatic heterocycles. The van der Waals surface area contributed by atoms with Gasteiger partial charge < -0.3 is 0 Å². The van der Waals surface area contributed by atoms with Gasteiger partial charge in [0.05, 0.1) is 6.20 Å². The molecular weight excluding hydrogens is 158 g/mol. The molecular formula is C7H9N3S. The maximum atomic E-state index is 4.11. The number of thioether (sulfide) groups is 1. The number of aliphatic imine (C=N–C) groups is 1. The second kappa shape index (κ2) is 4.08. The first-order chi connectivity index (χ1) is 5.38. The number of nitrogens with zero attached hydrogens (tertiary/aromatic N) is 3. The van der Waals surface area contributed by atoms with E-state index < -0.39 is 0 Å². The highest BCUT2D eigenvalue weighted by molar-refractivity contribution is 7.98. The minimum Gasteiger partial charge on any atom is -0.257 e. The van der Waals surface area contributed by atoms with Crippen LogP contribution >= 0.6 is 11.8 Å². The molecule has 11 heavy (non-hydrogen) atoms. The Hall–Kier alpha value is -0.900. The fraction of sp³-hybridized carbons (Fsp3) is 0.286.